The maximum Gasteiger partial charge on any atom is 0.257 e. The molecule has 0 atom stereocenters. The summed E-state index contributed by atoms with van der Waals surface area (Å²) in [5, 5.41) is 10.9. The standard InChI is InChI=1S/C12H13Br2N3O2/c13-9-4-8(6-16)5-10(14)12(9)19-7-11(18)17-3-1-2-15/h4-5H,1,3,6-7,16H2,(H,17,18). The number of nitrogens with two attached hydrogens (primary N) is 1. The highest BCUT2D eigenvalue weighted by Gasteiger charge is 2.10. The van der Waals surface area contributed by atoms with Crippen molar-refractivity contribution in [2.75, 3.05) is 13.2 Å². The van der Waals surface area contributed by atoms with E-state index in [1.165, 1.54) is 0 Å². The molecule has 1 aromatic carbocycles. The molecule has 102 valence electrons. The second-order valence-corrected chi connectivity index (χ2v) is 5.35. The number of nitriles is 1. The lowest BCUT2D eigenvalue weighted by molar-refractivity contribution is -0.123. The molecule has 0 radical (unpaired) electrons. The van der Waals surface area contributed by atoms with Gasteiger partial charge >= 0.3 is 0 Å². The van der Waals surface area contributed by atoms with Crippen LogP contribution in [-0.2, 0) is 11.3 Å². The zero-order valence-electron chi connectivity index (χ0n) is 10.1. The first-order chi connectivity index (χ1) is 9.08. The van der Waals surface area contributed by atoms with E-state index in [2.05, 4.69) is 37.2 Å². The molecule has 0 aromatic heterocycles. The van der Waals surface area contributed by atoms with E-state index in [0.29, 0.717) is 18.8 Å². The van der Waals surface area contributed by atoms with Crippen LogP contribution in [0.2, 0.25) is 0 Å². The Labute approximate surface area is 128 Å². The molecule has 19 heavy (non-hydrogen) atoms. The van der Waals surface area contributed by atoms with Gasteiger partial charge in [0.05, 0.1) is 21.4 Å². The summed E-state index contributed by atoms with van der Waals surface area (Å²) < 4.78 is 6.89. The first-order valence-corrected chi connectivity index (χ1v) is 7.11. The van der Waals surface area contributed by atoms with Gasteiger partial charge in [-0.1, -0.05) is 0 Å². The van der Waals surface area contributed by atoms with Gasteiger partial charge in [-0.2, -0.15) is 5.26 Å². The molecule has 1 amide bonds. The fraction of sp³-hybridized carbons (Fsp3) is 0.333. The average molecular weight is 391 g/mol. The lowest BCUT2D eigenvalue weighted by Gasteiger charge is -2.11. The Morgan fingerprint density at radius 1 is 1.42 bits per heavy atom. The van der Waals surface area contributed by atoms with Crippen molar-refractivity contribution in [2.24, 2.45) is 5.73 Å². The molecule has 0 unspecified atom stereocenters. The van der Waals surface area contributed by atoms with Crippen LogP contribution in [0.15, 0.2) is 21.1 Å². The number of carbonyl (C=O) groups is 1. The Kier molecular flexibility index (Phi) is 6.84. The number of ether oxygens (including phenoxy) is 1. The minimum absolute atomic E-state index is 0.107. The third kappa shape index (κ3) is 5.19. The van der Waals surface area contributed by atoms with Gasteiger partial charge in [0.15, 0.2) is 6.61 Å². The number of nitrogens with one attached hydrogen (secondary N) is 1. The van der Waals surface area contributed by atoms with Crippen LogP contribution in [0.25, 0.3) is 0 Å². The van der Waals surface area contributed by atoms with Gasteiger partial charge in [0.2, 0.25) is 0 Å². The van der Waals surface area contributed by atoms with Gasteiger partial charge in [-0.25, -0.2) is 0 Å². The third-order valence-corrected chi connectivity index (χ3v) is 3.38. The van der Waals surface area contributed by atoms with E-state index in [1.807, 2.05) is 18.2 Å². The monoisotopic (exact) mass is 389 g/mol. The summed E-state index contributed by atoms with van der Waals surface area (Å²) in [4.78, 5) is 11.4. The topological polar surface area (TPSA) is 88.1 Å². The zero-order valence-corrected chi connectivity index (χ0v) is 13.3. The van der Waals surface area contributed by atoms with Gasteiger partial charge in [0.1, 0.15) is 5.75 Å². The number of benzene rings is 1. The largest absolute Gasteiger partial charge is 0.481 e. The average Bonchev–Trinajstić information content (AvgIpc) is 2.37. The van der Waals surface area contributed by atoms with Gasteiger partial charge < -0.3 is 15.8 Å². The molecule has 3 N–H and O–H groups in total. The first-order valence-electron chi connectivity index (χ1n) is 5.53. The van der Waals surface area contributed by atoms with Crippen LogP contribution in [0.5, 0.6) is 5.75 Å². The highest BCUT2D eigenvalue weighted by molar-refractivity contribution is 9.11. The highest BCUT2D eigenvalue weighted by Crippen LogP contribution is 2.34. The molecular formula is C12H13Br2N3O2. The summed E-state index contributed by atoms with van der Waals surface area (Å²) in [6.07, 6.45) is 0.282. The molecule has 0 bridgehead atoms. The number of rotatable bonds is 6. The fourth-order valence-corrected chi connectivity index (χ4v) is 2.82. The number of nitrogens with zero attached hydrogens (tertiary/aromatic N) is 1. The van der Waals surface area contributed by atoms with E-state index in [-0.39, 0.29) is 18.9 Å². The van der Waals surface area contributed by atoms with Gasteiger partial charge in [-0.05, 0) is 49.6 Å². The van der Waals surface area contributed by atoms with Crippen LogP contribution in [0.3, 0.4) is 0 Å². The van der Waals surface area contributed by atoms with Gasteiger partial charge in [-0.3, -0.25) is 4.79 Å². The van der Waals surface area contributed by atoms with Crippen molar-refractivity contribution in [2.45, 2.75) is 13.0 Å². The van der Waals surface area contributed by atoms with Crippen molar-refractivity contribution < 1.29 is 9.53 Å². The second-order valence-electron chi connectivity index (χ2n) is 3.64. The number of amides is 1. The van der Waals surface area contributed by atoms with Crippen LogP contribution in [0, 0.1) is 11.3 Å². The summed E-state index contributed by atoms with van der Waals surface area (Å²) in [6.45, 7) is 0.643. The van der Waals surface area contributed by atoms with Crippen molar-refractivity contribution in [3.8, 4) is 11.8 Å². The summed E-state index contributed by atoms with van der Waals surface area (Å²) in [5.41, 5.74) is 6.50. The molecule has 0 heterocycles. The second kappa shape index (κ2) is 8.15. The maximum absolute atomic E-state index is 11.4. The predicted molar refractivity (Wildman–Crippen MR) is 78.5 cm³/mol. The molecule has 0 saturated carbocycles. The van der Waals surface area contributed by atoms with Crippen LogP contribution in [0.1, 0.15) is 12.0 Å². The number of carbonyl (C=O) groups excluding carboxylic acids is 1. The van der Waals surface area contributed by atoms with Crippen molar-refractivity contribution in [3.05, 3.63) is 26.6 Å². The van der Waals surface area contributed by atoms with Crippen molar-refractivity contribution in [1.82, 2.24) is 5.32 Å². The maximum atomic E-state index is 11.4. The molecule has 1 aromatic rings. The SMILES string of the molecule is N#CCCNC(=O)COc1c(Br)cc(CN)cc1Br. The highest BCUT2D eigenvalue weighted by atomic mass is 79.9. The van der Waals surface area contributed by atoms with E-state index < -0.39 is 0 Å². The van der Waals surface area contributed by atoms with Crippen LogP contribution < -0.4 is 15.8 Å². The zero-order chi connectivity index (χ0) is 14.3. The molecule has 1 rings (SSSR count). The number of hydrogen-bond acceptors (Lipinski definition) is 4. The molecule has 7 heteroatoms. The lowest BCUT2D eigenvalue weighted by atomic mass is 10.2. The van der Waals surface area contributed by atoms with Crippen molar-refractivity contribution in [1.29, 1.82) is 5.26 Å². The van der Waals surface area contributed by atoms with Gasteiger partial charge in [0.25, 0.3) is 5.91 Å². The molecule has 0 aliphatic heterocycles. The van der Waals surface area contributed by atoms with E-state index >= 15 is 0 Å². The number of hydrogen-bond donors (Lipinski definition) is 2. The van der Waals surface area contributed by atoms with Crippen LogP contribution in [0.4, 0.5) is 0 Å². The summed E-state index contributed by atoms with van der Waals surface area (Å²) in [7, 11) is 0. The molecular weight excluding hydrogens is 378 g/mol. The molecule has 0 spiro atoms. The summed E-state index contributed by atoms with van der Waals surface area (Å²) in [6, 6.07) is 5.63. The van der Waals surface area contributed by atoms with Crippen molar-refractivity contribution >= 4 is 37.8 Å². The quantitative estimate of drug-likeness (QED) is 0.728. The smallest absolute Gasteiger partial charge is 0.257 e. The van der Waals surface area contributed by atoms with Crippen LogP contribution >= 0.6 is 31.9 Å². The van der Waals surface area contributed by atoms with Crippen LogP contribution in [-0.4, -0.2) is 19.1 Å². The molecule has 0 aliphatic rings. The van der Waals surface area contributed by atoms with E-state index in [1.54, 1.807) is 0 Å². The summed E-state index contributed by atoms with van der Waals surface area (Å²) >= 11 is 6.73. The fourth-order valence-electron chi connectivity index (χ4n) is 1.31. The Balaban J connectivity index is 2.58. The minimum Gasteiger partial charge on any atom is -0.481 e. The normalized spacial score (nSPS) is 9.79. The molecule has 5 nitrogen and oxygen atoms in total. The van der Waals surface area contributed by atoms with E-state index in [9.17, 15) is 4.79 Å². The van der Waals surface area contributed by atoms with Crippen molar-refractivity contribution in [3.63, 3.8) is 0 Å². The summed E-state index contributed by atoms with van der Waals surface area (Å²) in [5.74, 6) is 0.282. The molecule has 0 fully saturated rings. The van der Waals surface area contributed by atoms with E-state index in [0.717, 1.165) is 14.5 Å². The Morgan fingerprint density at radius 2 is 2.05 bits per heavy atom. The van der Waals surface area contributed by atoms with Gasteiger partial charge in [0, 0.05) is 13.1 Å². The Morgan fingerprint density at radius 3 is 2.58 bits per heavy atom. The predicted octanol–water partition coefficient (Wildman–Crippen LogP) is 2.08. The Hall–Kier alpha value is -1.10. The number of halogens is 2. The third-order valence-electron chi connectivity index (χ3n) is 2.20. The minimum atomic E-state index is -0.267. The molecule has 0 aliphatic carbocycles. The molecule has 0 saturated heterocycles. The first kappa shape index (κ1) is 16.0. The Bertz CT molecular complexity index is 477. The van der Waals surface area contributed by atoms with Gasteiger partial charge in [-0.15, -0.1) is 0 Å². The van der Waals surface area contributed by atoms with E-state index in [4.69, 9.17) is 15.7 Å². The lowest BCUT2D eigenvalue weighted by Crippen LogP contribution is -2.29.